The molecule has 0 aliphatic carbocycles. The highest BCUT2D eigenvalue weighted by atomic mass is 28.3. The highest BCUT2D eigenvalue weighted by Crippen LogP contribution is 2.09. The topological polar surface area (TPSA) is 37.3 Å². The van der Waals surface area contributed by atoms with E-state index >= 15 is 0 Å². The lowest BCUT2D eigenvalue weighted by atomic mass is 10.2. The van der Waals surface area contributed by atoms with E-state index in [1.165, 1.54) is 18.2 Å². The van der Waals surface area contributed by atoms with Gasteiger partial charge in [-0.15, -0.1) is 0 Å². The Balaban J connectivity index is 3.38. The molecule has 0 heterocycles. The van der Waals surface area contributed by atoms with Crippen molar-refractivity contribution in [3.63, 3.8) is 0 Å². The second-order valence-electron chi connectivity index (χ2n) is 4.25. The van der Waals surface area contributed by atoms with Gasteiger partial charge in [-0.1, -0.05) is 19.6 Å². The first-order chi connectivity index (χ1) is 6.32. The van der Waals surface area contributed by atoms with Crippen molar-refractivity contribution in [1.29, 1.82) is 0 Å². The molecule has 1 aromatic carbocycles. The van der Waals surface area contributed by atoms with Gasteiger partial charge in [-0.25, -0.2) is 9.18 Å². The number of carbonyl (C=O) groups is 1. The lowest BCUT2D eigenvalue weighted by Crippen LogP contribution is -2.41. The summed E-state index contributed by atoms with van der Waals surface area (Å²) in [5.41, 5.74) is 0.227. The fourth-order valence-electron chi connectivity index (χ4n) is 1.32. The first-order valence-electron chi connectivity index (χ1n) is 4.35. The van der Waals surface area contributed by atoms with Gasteiger partial charge < -0.3 is 5.11 Å². The van der Waals surface area contributed by atoms with Gasteiger partial charge in [0.1, 0.15) is 5.82 Å². The fourth-order valence-corrected chi connectivity index (χ4v) is 2.89. The molecule has 0 unspecified atom stereocenters. The molecule has 0 amide bonds. The molecule has 14 heavy (non-hydrogen) atoms. The quantitative estimate of drug-likeness (QED) is 0.762. The van der Waals surface area contributed by atoms with Gasteiger partial charge in [-0.05, 0) is 23.4 Å². The van der Waals surface area contributed by atoms with Gasteiger partial charge in [0.25, 0.3) is 0 Å². The van der Waals surface area contributed by atoms with Crippen LogP contribution in [0.3, 0.4) is 0 Å². The third kappa shape index (κ3) is 2.20. The molecule has 0 fully saturated rings. The van der Waals surface area contributed by atoms with Crippen molar-refractivity contribution >= 4 is 19.2 Å². The molecule has 0 aliphatic rings. The van der Waals surface area contributed by atoms with E-state index < -0.39 is 14.0 Å². The van der Waals surface area contributed by atoms with E-state index in [0.29, 0.717) is 5.19 Å². The zero-order valence-electron chi connectivity index (χ0n) is 8.47. The van der Waals surface area contributed by atoms with Crippen LogP contribution >= 0.6 is 0 Å². The predicted molar refractivity (Wildman–Crippen MR) is 56.3 cm³/mol. The van der Waals surface area contributed by atoms with E-state index in [1.807, 2.05) is 19.6 Å². The first-order valence-corrected chi connectivity index (χ1v) is 7.85. The summed E-state index contributed by atoms with van der Waals surface area (Å²) in [5, 5.41) is 9.58. The van der Waals surface area contributed by atoms with Crippen LogP contribution in [0.2, 0.25) is 19.6 Å². The number of rotatable bonds is 2. The number of hydrogen-bond donors (Lipinski definition) is 1. The van der Waals surface area contributed by atoms with Gasteiger partial charge in [0.05, 0.1) is 13.6 Å². The van der Waals surface area contributed by atoms with Gasteiger partial charge in [-0.3, -0.25) is 0 Å². The van der Waals surface area contributed by atoms with Crippen LogP contribution in [0.4, 0.5) is 4.39 Å². The SMILES string of the molecule is C[Si](C)(C)c1cc(F)ccc1C(=O)O. The molecule has 0 bridgehead atoms. The minimum absolute atomic E-state index is 0.227. The Labute approximate surface area is 83.4 Å². The summed E-state index contributed by atoms with van der Waals surface area (Å²) < 4.78 is 13.0. The fraction of sp³-hybridized carbons (Fsp3) is 0.300. The van der Waals surface area contributed by atoms with Gasteiger partial charge in [0.2, 0.25) is 0 Å². The smallest absolute Gasteiger partial charge is 0.335 e. The predicted octanol–water partition coefficient (Wildman–Crippen LogP) is 2.07. The van der Waals surface area contributed by atoms with E-state index in [-0.39, 0.29) is 11.4 Å². The molecule has 0 saturated carbocycles. The van der Waals surface area contributed by atoms with Gasteiger partial charge in [0, 0.05) is 0 Å². The molecule has 0 radical (unpaired) electrons. The molecule has 1 rings (SSSR count). The van der Waals surface area contributed by atoms with Crippen LogP contribution in [0, 0.1) is 5.82 Å². The van der Waals surface area contributed by atoms with Gasteiger partial charge >= 0.3 is 5.97 Å². The molecule has 0 saturated heterocycles. The first kappa shape index (κ1) is 10.9. The molecule has 0 aliphatic heterocycles. The summed E-state index contributed by atoms with van der Waals surface area (Å²) in [6.45, 7) is 5.98. The maximum Gasteiger partial charge on any atom is 0.335 e. The lowest BCUT2D eigenvalue weighted by molar-refractivity contribution is 0.0698. The number of carboxylic acids is 1. The Kier molecular flexibility index (Phi) is 2.75. The molecule has 0 spiro atoms. The lowest BCUT2D eigenvalue weighted by Gasteiger charge is -2.18. The second kappa shape index (κ2) is 3.53. The van der Waals surface area contributed by atoms with E-state index in [4.69, 9.17) is 5.11 Å². The van der Waals surface area contributed by atoms with Crippen LogP contribution in [0.25, 0.3) is 0 Å². The standard InChI is InChI=1S/C10H13FO2Si/c1-14(2,3)9-6-7(11)4-5-8(9)10(12)13/h4-6H,1-3H3,(H,12,13). The molecule has 76 valence electrons. The molecular weight excluding hydrogens is 199 g/mol. The van der Waals surface area contributed by atoms with E-state index in [2.05, 4.69) is 0 Å². The Morgan fingerprint density at radius 1 is 1.36 bits per heavy atom. The van der Waals surface area contributed by atoms with Crippen molar-refractivity contribution in [1.82, 2.24) is 0 Å². The monoisotopic (exact) mass is 212 g/mol. The van der Waals surface area contributed by atoms with E-state index in [1.54, 1.807) is 0 Å². The molecule has 4 heteroatoms. The van der Waals surface area contributed by atoms with Crippen LogP contribution in [-0.2, 0) is 0 Å². The normalized spacial score (nSPS) is 11.4. The Morgan fingerprint density at radius 3 is 2.36 bits per heavy atom. The number of carboxylic acid groups (broad SMARTS) is 1. The highest BCUT2D eigenvalue weighted by Gasteiger charge is 2.23. The zero-order chi connectivity index (χ0) is 10.9. The van der Waals surface area contributed by atoms with Crippen molar-refractivity contribution in [3.05, 3.63) is 29.6 Å². The van der Waals surface area contributed by atoms with Gasteiger partial charge in [-0.2, -0.15) is 0 Å². The second-order valence-corrected chi connectivity index (χ2v) is 9.28. The van der Waals surface area contributed by atoms with Gasteiger partial charge in [0.15, 0.2) is 0 Å². The highest BCUT2D eigenvalue weighted by molar-refractivity contribution is 6.89. The minimum atomic E-state index is -1.79. The summed E-state index contributed by atoms with van der Waals surface area (Å²) in [6, 6.07) is 3.87. The molecular formula is C10H13FO2Si. The van der Waals surface area contributed by atoms with Crippen LogP contribution in [-0.4, -0.2) is 19.1 Å². The Morgan fingerprint density at radius 2 is 1.93 bits per heavy atom. The maximum atomic E-state index is 13.0. The van der Waals surface area contributed by atoms with Crippen LogP contribution < -0.4 is 5.19 Å². The molecule has 0 aromatic heterocycles. The summed E-state index contributed by atoms with van der Waals surface area (Å²) in [6.07, 6.45) is 0. The van der Waals surface area contributed by atoms with Crippen molar-refractivity contribution in [2.24, 2.45) is 0 Å². The number of aromatic carboxylic acids is 1. The summed E-state index contributed by atoms with van der Waals surface area (Å²) in [5.74, 6) is -1.35. The Bertz CT molecular complexity index is 369. The van der Waals surface area contributed by atoms with Crippen molar-refractivity contribution in [3.8, 4) is 0 Å². The van der Waals surface area contributed by atoms with Crippen LogP contribution in [0.15, 0.2) is 18.2 Å². The zero-order valence-corrected chi connectivity index (χ0v) is 9.47. The molecule has 0 atom stereocenters. The van der Waals surface area contributed by atoms with Crippen molar-refractivity contribution in [2.45, 2.75) is 19.6 Å². The number of hydrogen-bond acceptors (Lipinski definition) is 1. The molecule has 1 aromatic rings. The van der Waals surface area contributed by atoms with Crippen molar-refractivity contribution < 1.29 is 14.3 Å². The van der Waals surface area contributed by atoms with E-state index in [9.17, 15) is 9.18 Å². The van der Waals surface area contributed by atoms with Crippen molar-refractivity contribution in [2.75, 3.05) is 0 Å². The van der Waals surface area contributed by atoms with Crippen LogP contribution in [0.5, 0.6) is 0 Å². The summed E-state index contributed by atoms with van der Waals surface area (Å²) >= 11 is 0. The maximum absolute atomic E-state index is 13.0. The average Bonchev–Trinajstić information content (AvgIpc) is 2.01. The van der Waals surface area contributed by atoms with Crippen LogP contribution in [0.1, 0.15) is 10.4 Å². The number of benzene rings is 1. The average molecular weight is 212 g/mol. The third-order valence-electron chi connectivity index (χ3n) is 2.02. The molecule has 1 N–H and O–H groups in total. The number of halogens is 1. The third-order valence-corrected chi connectivity index (χ3v) is 4.05. The molecule has 2 nitrogen and oxygen atoms in total. The minimum Gasteiger partial charge on any atom is -0.478 e. The largest absolute Gasteiger partial charge is 0.478 e. The summed E-state index contributed by atoms with van der Waals surface area (Å²) in [7, 11) is -1.79. The van der Waals surface area contributed by atoms with E-state index in [0.717, 1.165) is 0 Å². The summed E-state index contributed by atoms with van der Waals surface area (Å²) in [4.78, 5) is 10.9. The Hall–Kier alpha value is -1.16.